The fraction of sp³-hybridized carbons (Fsp3) is 0.429. The summed E-state index contributed by atoms with van der Waals surface area (Å²) >= 11 is 5.73. The molecule has 1 aromatic heterocycles. The van der Waals surface area contributed by atoms with Gasteiger partial charge >= 0.3 is 0 Å². The summed E-state index contributed by atoms with van der Waals surface area (Å²) in [5, 5.41) is -0.108. The highest BCUT2D eigenvalue weighted by Gasteiger charge is 2.35. The summed E-state index contributed by atoms with van der Waals surface area (Å²) in [6, 6.07) is 8.16. The topological polar surface area (TPSA) is 42.4 Å². The summed E-state index contributed by atoms with van der Waals surface area (Å²) in [4.78, 5) is 17.7. The summed E-state index contributed by atoms with van der Waals surface area (Å²) in [5.41, 5.74) is -1.03. The van der Waals surface area contributed by atoms with Crippen LogP contribution in [0.5, 0.6) is 5.88 Å². The number of ether oxygens (including phenoxy) is 1. The first-order valence-corrected chi connectivity index (χ1v) is 9.93. The quantitative estimate of drug-likeness (QED) is 0.451. The van der Waals surface area contributed by atoms with Crippen molar-refractivity contribution in [2.75, 3.05) is 19.7 Å². The number of hydrogen-bond acceptors (Lipinski definition) is 3. The van der Waals surface area contributed by atoms with Gasteiger partial charge in [-0.1, -0.05) is 17.7 Å². The molecular weight excluding hydrogens is 405 g/mol. The number of nitrogens with zero attached hydrogens (tertiary/aromatic N) is 2. The number of carbonyl (C=O) groups is 1. The number of benzene rings is 1. The van der Waals surface area contributed by atoms with E-state index in [1.807, 2.05) is 0 Å². The maximum absolute atomic E-state index is 15.0. The van der Waals surface area contributed by atoms with Crippen LogP contribution in [0.4, 0.5) is 13.2 Å². The normalized spacial score (nSPS) is 15.9. The Bertz CT molecular complexity index is 858. The average Bonchev–Trinajstić information content (AvgIpc) is 2.70. The highest BCUT2D eigenvalue weighted by molar-refractivity contribution is 6.31. The van der Waals surface area contributed by atoms with E-state index in [2.05, 4.69) is 4.98 Å². The molecular formula is C21H22ClF3N2O2. The standard InChI is InChI=1S/C21H22ClF3N2O2/c22-16-14-15(6-7-17(16)23)20(28)27-11-9-21(25,10-12-27)8-1-2-13-29-19-5-3-4-18(24)26-19/h3-7,14H,1-2,8-13H2. The van der Waals surface area contributed by atoms with Crippen LogP contribution in [-0.2, 0) is 0 Å². The van der Waals surface area contributed by atoms with Gasteiger partial charge in [0.25, 0.3) is 5.91 Å². The smallest absolute Gasteiger partial charge is 0.253 e. The van der Waals surface area contributed by atoms with Gasteiger partial charge in [-0.15, -0.1) is 0 Å². The van der Waals surface area contributed by atoms with E-state index in [1.165, 1.54) is 24.3 Å². The predicted octanol–water partition coefficient (Wildman–Crippen LogP) is 5.21. The Kier molecular flexibility index (Phi) is 7.00. The average molecular weight is 427 g/mol. The largest absolute Gasteiger partial charge is 0.478 e. The second kappa shape index (κ2) is 9.48. The molecule has 1 aromatic carbocycles. The molecule has 0 bridgehead atoms. The van der Waals surface area contributed by atoms with Crippen molar-refractivity contribution in [2.24, 2.45) is 0 Å². The van der Waals surface area contributed by atoms with Crippen molar-refractivity contribution in [3.05, 3.63) is 58.7 Å². The third kappa shape index (κ3) is 5.85. The van der Waals surface area contributed by atoms with E-state index in [-0.39, 0.29) is 29.7 Å². The van der Waals surface area contributed by atoms with Gasteiger partial charge in [-0.2, -0.15) is 9.37 Å². The van der Waals surface area contributed by atoms with Gasteiger partial charge in [0.05, 0.1) is 11.6 Å². The molecule has 0 aliphatic carbocycles. The molecule has 2 heterocycles. The molecule has 29 heavy (non-hydrogen) atoms. The van der Waals surface area contributed by atoms with Crippen LogP contribution in [0.15, 0.2) is 36.4 Å². The minimum absolute atomic E-state index is 0.108. The Morgan fingerprint density at radius 2 is 1.93 bits per heavy atom. The lowest BCUT2D eigenvalue weighted by Gasteiger charge is -2.36. The van der Waals surface area contributed by atoms with Gasteiger partial charge in [0.1, 0.15) is 11.5 Å². The van der Waals surface area contributed by atoms with Crippen molar-refractivity contribution < 1.29 is 22.7 Å². The van der Waals surface area contributed by atoms with Crippen LogP contribution < -0.4 is 4.74 Å². The van der Waals surface area contributed by atoms with Crippen molar-refractivity contribution in [1.29, 1.82) is 0 Å². The Hall–Kier alpha value is -2.28. The minimum atomic E-state index is -1.33. The molecule has 8 heteroatoms. The molecule has 0 unspecified atom stereocenters. The van der Waals surface area contributed by atoms with E-state index in [0.717, 1.165) is 6.07 Å². The second-order valence-corrected chi connectivity index (χ2v) is 7.58. The van der Waals surface area contributed by atoms with Crippen molar-refractivity contribution in [1.82, 2.24) is 9.88 Å². The van der Waals surface area contributed by atoms with E-state index in [4.69, 9.17) is 16.3 Å². The number of alkyl halides is 1. The maximum Gasteiger partial charge on any atom is 0.253 e. The number of unbranched alkanes of at least 4 members (excludes halogenated alkanes) is 1. The molecule has 0 saturated carbocycles. The first-order valence-electron chi connectivity index (χ1n) is 9.55. The van der Waals surface area contributed by atoms with E-state index < -0.39 is 17.4 Å². The fourth-order valence-corrected chi connectivity index (χ4v) is 3.54. The third-order valence-electron chi connectivity index (χ3n) is 5.07. The van der Waals surface area contributed by atoms with E-state index in [0.29, 0.717) is 44.5 Å². The molecule has 1 saturated heterocycles. The highest BCUT2D eigenvalue weighted by atomic mass is 35.5. The SMILES string of the molecule is O=C(c1ccc(F)c(Cl)c1)N1CCC(F)(CCCCOc2cccc(F)n2)CC1. The van der Waals surface area contributed by atoms with Gasteiger partial charge in [0.2, 0.25) is 11.8 Å². The molecule has 1 fully saturated rings. The number of amides is 1. The minimum Gasteiger partial charge on any atom is -0.478 e. The summed E-state index contributed by atoms with van der Waals surface area (Å²) in [6.07, 6.45) is 2.12. The van der Waals surface area contributed by atoms with Gasteiger partial charge in [-0.25, -0.2) is 8.78 Å². The summed E-state index contributed by atoms with van der Waals surface area (Å²) in [5.74, 6) is -1.24. The monoisotopic (exact) mass is 426 g/mol. The van der Waals surface area contributed by atoms with Crippen molar-refractivity contribution >= 4 is 17.5 Å². The first-order chi connectivity index (χ1) is 13.9. The maximum atomic E-state index is 15.0. The molecule has 0 radical (unpaired) electrons. The molecule has 0 atom stereocenters. The second-order valence-electron chi connectivity index (χ2n) is 7.18. The Morgan fingerprint density at radius 1 is 1.17 bits per heavy atom. The van der Waals surface area contributed by atoms with Crippen molar-refractivity contribution in [3.8, 4) is 5.88 Å². The molecule has 2 aromatic rings. The number of pyridine rings is 1. The number of halogens is 4. The summed E-state index contributed by atoms with van der Waals surface area (Å²) in [7, 11) is 0. The number of piperidine rings is 1. The lowest BCUT2D eigenvalue weighted by atomic mass is 9.88. The molecule has 1 amide bonds. The summed E-state index contributed by atoms with van der Waals surface area (Å²) in [6.45, 7) is 0.935. The molecule has 3 rings (SSSR count). The summed E-state index contributed by atoms with van der Waals surface area (Å²) < 4.78 is 46.6. The van der Waals surface area contributed by atoms with Gasteiger partial charge in [-0.3, -0.25) is 4.79 Å². The molecule has 4 nitrogen and oxygen atoms in total. The zero-order valence-corrected chi connectivity index (χ0v) is 16.6. The number of aromatic nitrogens is 1. The van der Waals surface area contributed by atoms with Crippen LogP contribution in [-0.4, -0.2) is 41.2 Å². The van der Waals surface area contributed by atoms with Crippen LogP contribution in [0, 0.1) is 11.8 Å². The van der Waals surface area contributed by atoms with Crippen LogP contribution in [0.3, 0.4) is 0 Å². The Balaban J connectivity index is 1.40. The van der Waals surface area contributed by atoms with Crippen LogP contribution >= 0.6 is 11.6 Å². The molecule has 156 valence electrons. The van der Waals surface area contributed by atoms with E-state index in [1.54, 1.807) is 11.0 Å². The lowest BCUT2D eigenvalue weighted by Crippen LogP contribution is -2.44. The number of carbonyl (C=O) groups excluding carboxylic acids is 1. The lowest BCUT2D eigenvalue weighted by molar-refractivity contribution is 0.0382. The Morgan fingerprint density at radius 3 is 2.62 bits per heavy atom. The van der Waals surface area contributed by atoms with Gasteiger partial charge in [-0.05, 0) is 56.4 Å². The molecule has 1 aliphatic rings. The van der Waals surface area contributed by atoms with Crippen molar-refractivity contribution in [3.63, 3.8) is 0 Å². The highest BCUT2D eigenvalue weighted by Crippen LogP contribution is 2.32. The molecule has 0 N–H and O–H groups in total. The van der Waals surface area contributed by atoms with Crippen molar-refractivity contribution in [2.45, 2.75) is 37.8 Å². The van der Waals surface area contributed by atoms with E-state index in [9.17, 15) is 13.6 Å². The zero-order chi connectivity index (χ0) is 20.9. The van der Waals surface area contributed by atoms with Crippen LogP contribution in [0.2, 0.25) is 5.02 Å². The zero-order valence-electron chi connectivity index (χ0n) is 15.8. The molecule has 1 aliphatic heterocycles. The van der Waals surface area contributed by atoms with Crippen LogP contribution in [0.1, 0.15) is 42.5 Å². The number of hydrogen-bond donors (Lipinski definition) is 0. The Labute approximate surface area is 172 Å². The van der Waals surface area contributed by atoms with Crippen LogP contribution in [0.25, 0.3) is 0 Å². The first kappa shape index (κ1) is 21.4. The third-order valence-corrected chi connectivity index (χ3v) is 5.36. The number of rotatable bonds is 7. The molecule has 0 spiro atoms. The fourth-order valence-electron chi connectivity index (χ4n) is 3.36. The van der Waals surface area contributed by atoms with Gasteiger partial charge in [0, 0.05) is 24.7 Å². The number of likely N-dealkylation sites (tertiary alicyclic amines) is 1. The van der Waals surface area contributed by atoms with E-state index >= 15 is 4.39 Å². The van der Waals surface area contributed by atoms with Gasteiger partial charge < -0.3 is 9.64 Å². The predicted molar refractivity (Wildman–Crippen MR) is 104 cm³/mol. The van der Waals surface area contributed by atoms with Gasteiger partial charge in [0.15, 0.2) is 0 Å².